The van der Waals surface area contributed by atoms with Crippen LogP contribution in [0.2, 0.25) is 0 Å². The van der Waals surface area contributed by atoms with Gasteiger partial charge < -0.3 is 10.0 Å². The molecule has 0 aliphatic carbocycles. The highest BCUT2D eigenvalue weighted by atomic mass is 32.1. The van der Waals surface area contributed by atoms with Gasteiger partial charge in [0.25, 0.3) is 5.91 Å². The van der Waals surface area contributed by atoms with Crippen LogP contribution in [0.4, 0.5) is 13.8 Å². The number of carboxylic acids is 1. The van der Waals surface area contributed by atoms with Gasteiger partial charge in [-0.1, -0.05) is 0 Å². The van der Waals surface area contributed by atoms with Crippen molar-refractivity contribution < 1.29 is 23.5 Å². The number of aryl methyl sites for hydroxylation is 1. The predicted octanol–water partition coefficient (Wildman–Crippen LogP) is 2.10. The van der Waals surface area contributed by atoms with Gasteiger partial charge in [0.2, 0.25) is 5.95 Å². The van der Waals surface area contributed by atoms with Crippen LogP contribution in [0.25, 0.3) is 0 Å². The highest BCUT2D eigenvalue weighted by Crippen LogP contribution is 2.29. The van der Waals surface area contributed by atoms with Crippen molar-refractivity contribution in [2.45, 2.75) is 6.92 Å². The van der Waals surface area contributed by atoms with Crippen LogP contribution in [-0.4, -0.2) is 33.4 Å². The Balaban J connectivity index is 2.45. The molecule has 21 heavy (non-hydrogen) atoms. The van der Waals surface area contributed by atoms with E-state index in [2.05, 4.69) is 9.36 Å². The van der Waals surface area contributed by atoms with Crippen LogP contribution in [0.1, 0.15) is 26.4 Å². The smallest absolute Gasteiger partial charge is 0.340 e. The van der Waals surface area contributed by atoms with Crippen LogP contribution in [0.15, 0.2) is 12.3 Å². The minimum absolute atomic E-state index is 0.0432. The van der Waals surface area contributed by atoms with E-state index >= 15 is 0 Å². The lowest BCUT2D eigenvalue weighted by Gasteiger charge is -2.16. The monoisotopic (exact) mass is 313 g/mol. The topological polar surface area (TPSA) is 83.4 Å². The molecule has 0 atom stereocenters. The molecule has 0 unspecified atom stereocenters. The first kappa shape index (κ1) is 15.0. The Labute approximate surface area is 121 Å². The van der Waals surface area contributed by atoms with E-state index in [1.807, 2.05) is 0 Å². The van der Waals surface area contributed by atoms with E-state index in [4.69, 9.17) is 5.11 Å². The number of aromatic carboxylic acids is 1. The van der Waals surface area contributed by atoms with Crippen LogP contribution in [-0.2, 0) is 0 Å². The molecule has 2 rings (SSSR count). The molecule has 0 radical (unpaired) electrons. The maximum atomic E-state index is 13.6. The van der Waals surface area contributed by atoms with Crippen molar-refractivity contribution >= 4 is 28.4 Å². The van der Waals surface area contributed by atoms with Gasteiger partial charge in [-0.05, 0) is 24.5 Å². The van der Waals surface area contributed by atoms with E-state index in [0.29, 0.717) is 0 Å². The number of carboxylic acid groups (broad SMARTS) is 1. The quantitative estimate of drug-likeness (QED) is 0.877. The Morgan fingerprint density at radius 3 is 2.67 bits per heavy atom. The fraction of sp³-hybridized carbons (Fsp3) is 0.167. The van der Waals surface area contributed by atoms with Crippen molar-refractivity contribution in [3.05, 3.63) is 40.8 Å². The number of hydrogen-bond acceptors (Lipinski definition) is 5. The molecule has 2 aromatic rings. The zero-order chi connectivity index (χ0) is 15.7. The molecule has 0 aromatic carbocycles. The number of amides is 1. The molecule has 1 N–H and O–H groups in total. The van der Waals surface area contributed by atoms with E-state index in [9.17, 15) is 18.4 Å². The fourth-order valence-electron chi connectivity index (χ4n) is 1.69. The van der Waals surface area contributed by atoms with Gasteiger partial charge in [0, 0.05) is 13.2 Å². The molecule has 0 aliphatic heterocycles. The molecule has 2 heterocycles. The molecular formula is C12H9F2N3O3S. The fourth-order valence-corrected chi connectivity index (χ4v) is 2.54. The van der Waals surface area contributed by atoms with Crippen molar-refractivity contribution in [3.63, 3.8) is 0 Å². The minimum Gasteiger partial charge on any atom is -0.478 e. The molecule has 0 saturated heterocycles. The van der Waals surface area contributed by atoms with Gasteiger partial charge in [-0.15, -0.1) is 0 Å². The molecule has 9 heteroatoms. The number of carbonyl (C=O) groups is 2. The summed E-state index contributed by atoms with van der Waals surface area (Å²) in [5.74, 6) is -4.92. The normalized spacial score (nSPS) is 10.5. The summed E-state index contributed by atoms with van der Waals surface area (Å²) in [4.78, 5) is 27.4. The molecule has 0 spiro atoms. The minimum atomic E-state index is -1.40. The van der Waals surface area contributed by atoms with E-state index < -0.39 is 29.2 Å². The third-order valence-electron chi connectivity index (χ3n) is 2.74. The van der Waals surface area contributed by atoms with Crippen LogP contribution in [0.5, 0.6) is 0 Å². The van der Waals surface area contributed by atoms with Gasteiger partial charge in [0.15, 0.2) is 5.82 Å². The summed E-state index contributed by atoms with van der Waals surface area (Å²) < 4.78 is 30.5. The van der Waals surface area contributed by atoms with Crippen molar-refractivity contribution in [1.29, 1.82) is 0 Å². The number of carbonyl (C=O) groups excluding carboxylic acids is 1. The summed E-state index contributed by atoms with van der Waals surface area (Å²) in [6, 6.07) is 1.02. The second kappa shape index (κ2) is 5.52. The average Bonchev–Trinajstić information content (AvgIpc) is 2.82. The highest BCUT2D eigenvalue weighted by Gasteiger charge is 2.27. The van der Waals surface area contributed by atoms with Crippen LogP contribution in [0, 0.1) is 18.7 Å². The molecule has 0 fully saturated rings. The Morgan fingerprint density at radius 1 is 1.38 bits per heavy atom. The molecule has 1 amide bonds. The van der Waals surface area contributed by atoms with Crippen molar-refractivity contribution in [2.75, 3.05) is 11.9 Å². The highest BCUT2D eigenvalue weighted by molar-refractivity contribution is 7.11. The van der Waals surface area contributed by atoms with Crippen LogP contribution in [0.3, 0.4) is 0 Å². The lowest BCUT2D eigenvalue weighted by molar-refractivity contribution is 0.0697. The summed E-state index contributed by atoms with van der Waals surface area (Å²) in [6.45, 7) is 1.48. The van der Waals surface area contributed by atoms with Crippen LogP contribution < -0.4 is 4.90 Å². The second-order valence-corrected chi connectivity index (χ2v) is 4.83. The van der Waals surface area contributed by atoms with Gasteiger partial charge in [-0.2, -0.15) is 8.76 Å². The van der Waals surface area contributed by atoms with Crippen molar-refractivity contribution in [2.24, 2.45) is 0 Å². The third-order valence-corrected chi connectivity index (χ3v) is 3.76. The maximum Gasteiger partial charge on any atom is 0.340 e. The van der Waals surface area contributed by atoms with Crippen LogP contribution >= 0.6 is 11.5 Å². The summed E-state index contributed by atoms with van der Waals surface area (Å²) in [5, 5.41) is 9.16. The van der Waals surface area contributed by atoms with Gasteiger partial charge in [0.05, 0.1) is 11.3 Å². The second-order valence-electron chi connectivity index (χ2n) is 4.08. The molecule has 110 valence electrons. The first-order valence-corrected chi connectivity index (χ1v) is 6.39. The zero-order valence-electron chi connectivity index (χ0n) is 10.9. The average molecular weight is 313 g/mol. The van der Waals surface area contributed by atoms with Gasteiger partial charge in [-0.25, -0.2) is 14.2 Å². The standard InChI is InChI=1S/C12H9F2N3O3S/c1-5-7(12(19)20)11(21-16-5)17(2)10(18)6-3-4-15-9(14)8(6)13/h3-4H,1-2H3,(H,19,20). The van der Waals surface area contributed by atoms with Crippen molar-refractivity contribution in [1.82, 2.24) is 9.36 Å². The first-order valence-electron chi connectivity index (χ1n) is 5.62. The summed E-state index contributed by atoms with van der Waals surface area (Å²) in [5.41, 5.74) is -0.443. The molecular weight excluding hydrogens is 304 g/mol. The zero-order valence-corrected chi connectivity index (χ0v) is 11.7. The number of anilines is 1. The predicted molar refractivity (Wildman–Crippen MR) is 70.7 cm³/mol. The molecule has 6 nitrogen and oxygen atoms in total. The molecule has 2 aromatic heterocycles. The van der Waals surface area contributed by atoms with Gasteiger partial charge in [-0.3, -0.25) is 4.79 Å². The molecule has 0 saturated carbocycles. The number of halogens is 2. The van der Waals surface area contributed by atoms with E-state index in [1.165, 1.54) is 14.0 Å². The number of aromatic nitrogens is 2. The summed E-state index contributed by atoms with van der Waals surface area (Å²) in [6.07, 6.45) is 0.954. The largest absolute Gasteiger partial charge is 0.478 e. The Morgan fingerprint density at radius 2 is 2.05 bits per heavy atom. The van der Waals surface area contributed by atoms with Gasteiger partial charge in [0.1, 0.15) is 10.6 Å². The number of rotatable bonds is 3. The Bertz CT molecular complexity index is 733. The Hall–Kier alpha value is -2.42. The van der Waals surface area contributed by atoms with Crippen molar-refractivity contribution in [3.8, 4) is 0 Å². The van der Waals surface area contributed by atoms with Gasteiger partial charge >= 0.3 is 5.97 Å². The lowest BCUT2D eigenvalue weighted by Crippen LogP contribution is -2.28. The van der Waals surface area contributed by atoms with E-state index in [1.54, 1.807) is 0 Å². The van der Waals surface area contributed by atoms with E-state index in [0.717, 1.165) is 28.7 Å². The first-order chi connectivity index (χ1) is 9.84. The van der Waals surface area contributed by atoms with E-state index in [-0.39, 0.29) is 16.3 Å². The number of hydrogen-bond donors (Lipinski definition) is 1. The SMILES string of the molecule is Cc1nsc(N(C)C(=O)c2ccnc(F)c2F)c1C(=O)O. The Kier molecular flexibility index (Phi) is 3.94. The number of pyridine rings is 1. The molecule has 0 bridgehead atoms. The number of nitrogens with zero attached hydrogens (tertiary/aromatic N) is 3. The molecule has 0 aliphatic rings. The third kappa shape index (κ3) is 2.59. The summed E-state index contributed by atoms with van der Waals surface area (Å²) in [7, 11) is 1.26. The lowest BCUT2D eigenvalue weighted by atomic mass is 10.2. The summed E-state index contributed by atoms with van der Waals surface area (Å²) >= 11 is 0.788. The maximum absolute atomic E-state index is 13.6.